The van der Waals surface area contributed by atoms with E-state index in [1.165, 1.54) is 7.11 Å². The van der Waals surface area contributed by atoms with Crippen molar-refractivity contribution in [2.45, 2.75) is 39.5 Å². The molecule has 10 heteroatoms. The Balaban J connectivity index is 0.000000196. The number of methoxy groups -OCH3 is 1. The van der Waals surface area contributed by atoms with Crippen LogP contribution in [0.15, 0.2) is 57.6 Å². The maximum atomic E-state index is 11.0. The average molecular weight is 479 g/mol. The maximum absolute atomic E-state index is 11.0. The number of carboxylic acids is 1. The summed E-state index contributed by atoms with van der Waals surface area (Å²) >= 11 is 0. The minimum atomic E-state index is -0.875. The third kappa shape index (κ3) is 7.88. The van der Waals surface area contributed by atoms with Crippen LogP contribution in [0.4, 0.5) is 0 Å². The Morgan fingerprint density at radius 1 is 0.829 bits per heavy atom. The molecule has 35 heavy (non-hydrogen) atoms. The number of aryl methyl sites for hydroxylation is 4. The number of carbonyl (C=O) groups is 2. The van der Waals surface area contributed by atoms with E-state index in [0.29, 0.717) is 29.9 Å². The van der Waals surface area contributed by atoms with Gasteiger partial charge in [-0.2, -0.15) is 9.97 Å². The molecule has 0 amide bonds. The lowest BCUT2D eigenvalue weighted by molar-refractivity contribution is -0.140. The first-order chi connectivity index (χ1) is 16.8. The summed E-state index contributed by atoms with van der Waals surface area (Å²) in [6, 6.07) is 15.6. The number of esters is 1. The van der Waals surface area contributed by atoms with Crippen molar-refractivity contribution in [1.29, 1.82) is 0 Å². The molecular formula is C25H26N4O6. The Kier molecular flexibility index (Phi) is 8.82. The van der Waals surface area contributed by atoms with Crippen LogP contribution in [-0.4, -0.2) is 44.4 Å². The number of nitrogens with zero attached hydrogens (tertiary/aromatic N) is 4. The van der Waals surface area contributed by atoms with Crippen LogP contribution in [0.1, 0.15) is 35.7 Å². The Labute approximate surface area is 201 Å². The molecule has 0 aliphatic heterocycles. The van der Waals surface area contributed by atoms with E-state index in [1.54, 1.807) is 0 Å². The van der Waals surface area contributed by atoms with Crippen molar-refractivity contribution in [3.8, 4) is 22.8 Å². The molecule has 1 N–H and O–H groups in total. The summed E-state index contributed by atoms with van der Waals surface area (Å²) in [4.78, 5) is 29.8. The molecule has 4 aromatic rings. The summed E-state index contributed by atoms with van der Waals surface area (Å²) < 4.78 is 14.6. The topological polar surface area (TPSA) is 141 Å². The van der Waals surface area contributed by atoms with Gasteiger partial charge in [0.15, 0.2) is 0 Å². The van der Waals surface area contributed by atoms with Gasteiger partial charge in [0.05, 0.1) is 20.0 Å². The molecule has 0 unspecified atom stereocenters. The van der Waals surface area contributed by atoms with Gasteiger partial charge in [0, 0.05) is 24.0 Å². The quantitative estimate of drug-likeness (QED) is 0.366. The first-order valence-electron chi connectivity index (χ1n) is 10.9. The smallest absolute Gasteiger partial charge is 0.306 e. The number of hydrogen-bond donors (Lipinski definition) is 1. The highest BCUT2D eigenvalue weighted by atomic mass is 16.5. The van der Waals surface area contributed by atoms with E-state index in [2.05, 4.69) is 25.0 Å². The molecule has 0 aliphatic rings. The minimum Gasteiger partial charge on any atom is -0.481 e. The van der Waals surface area contributed by atoms with E-state index in [1.807, 2.05) is 62.4 Å². The zero-order valence-corrected chi connectivity index (χ0v) is 19.7. The number of carbonyl (C=O) groups excluding carboxylic acids is 1. The minimum absolute atomic E-state index is 0.00451. The molecule has 0 aliphatic carbocycles. The Morgan fingerprint density at radius 2 is 1.31 bits per heavy atom. The largest absolute Gasteiger partial charge is 0.481 e. The van der Waals surface area contributed by atoms with Gasteiger partial charge in [-0.05, 0) is 26.0 Å². The van der Waals surface area contributed by atoms with E-state index < -0.39 is 5.97 Å². The monoisotopic (exact) mass is 478 g/mol. The molecule has 0 saturated carbocycles. The van der Waals surface area contributed by atoms with Crippen molar-refractivity contribution < 1.29 is 28.5 Å². The van der Waals surface area contributed by atoms with Gasteiger partial charge in [-0.15, -0.1) is 0 Å². The molecule has 10 nitrogen and oxygen atoms in total. The lowest BCUT2D eigenvalue weighted by Gasteiger charge is -1.95. The lowest BCUT2D eigenvalue weighted by atomic mass is 10.1. The lowest BCUT2D eigenvalue weighted by Crippen LogP contribution is -2.01. The van der Waals surface area contributed by atoms with Crippen LogP contribution in [-0.2, 0) is 27.2 Å². The molecule has 2 aromatic heterocycles. The van der Waals surface area contributed by atoms with Crippen molar-refractivity contribution in [1.82, 2.24) is 20.3 Å². The average Bonchev–Trinajstić information content (AvgIpc) is 3.52. The van der Waals surface area contributed by atoms with Crippen LogP contribution in [0.5, 0.6) is 0 Å². The molecule has 0 fully saturated rings. The first kappa shape index (κ1) is 25.3. The SMILES string of the molecule is COC(=O)CCc1nc(-c2cccc(C)c2)no1.Cc1cccc(-c2noc(CCC(=O)O)n2)c1. The van der Waals surface area contributed by atoms with E-state index in [-0.39, 0.29) is 25.2 Å². The van der Waals surface area contributed by atoms with Crippen molar-refractivity contribution in [2.75, 3.05) is 7.11 Å². The third-order valence-electron chi connectivity index (χ3n) is 4.81. The van der Waals surface area contributed by atoms with Crippen molar-refractivity contribution in [3.63, 3.8) is 0 Å². The Hall–Kier alpha value is -4.34. The molecule has 182 valence electrons. The number of rotatable bonds is 8. The van der Waals surface area contributed by atoms with Crippen molar-refractivity contribution in [3.05, 3.63) is 71.4 Å². The van der Waals surface area contributed by atoms with Crippen molar-refractivity contribution >= 4 is 11.9 Å². The second kappa shape index (κ2) is 12.2. The van der Waals surface area contributed by atoms with E-state index in [4.69, 9.17) is 14.2 Å². The molecule has 0 atom stereocenters. The van der Waals surface area contributed by atoms with Crippen LogP contribution in [0.2, 0.25) is 0 Å². The van der Waals surface area contributed by atoms with E-state index >= 15 is 0 Å². The number of benzene rings is 2. The molecule has 2 heterocycles. The predicted molar refractivity (Wildman–Crippen MR) is 125 cm³/mol. The maximum Gasteiger partial charge on any atom is 0.306 e. The number of ether oxygens (including phenoxy) is 1. The number of aliphatic carboxylic acids is 1. The van der Waals surface area contributed by atoms with Gasteiger partial charge in [0.1, 0.15) is 0 Å². The fourth-order valence-corrected chi connectivity index (χ4v) is 3.04. The molecule has 0 bridgehead atoms. The zero-order chi connectivity index (χ0) is 25.2. The summed E-state index contributed by atoms with van der Waals surface area (Å²) in [6.45, 7) is 3.98. The van der Waals surface area contributed by atoms with Crippen LogP contribution >= 0.6 is 0 Å². The summed E-state index contributed by atoms with van der Waals surface area (Å²) in [5.41, 5.74) is 4.02. The molecular weight excluding hydrogens is 452 g/mol. The first-order valence-corrected chi connectivity index (χ1v) is 10.9. The Morgan fingerprint density at radius 3 is 1.74 bits per heavy atom. The van der Waals surface area contributed by atoms with Crippen LogP contribution in [0.25, 0.3) is 22.8 Å². The zero-order valence-electron chi connectivity index (χ0n) is 19.7. The van der Waals surface area contributed by atoms with Crippen LogP contribution in [0, 0.1) is 13.8 Å². The number of hydrogen-bond acceptors (Lipinski definition) is 9. The third-order valence-corrected chi connectivity index (χ3v) is 4.81. The summed E-state index contributed by atoms with van der Waals surface area (Å²) in [5.74, 6) is 0.666. The number of carboxylic acid groups (broad SMARTS) is 1. The second-order valence-corrected chi connectivity index (χ2v) is 7.73. The standard InChI is InChI=1S/C13H14N2O3.C12H12N2O3/c1-9-4-3-5-10(8-9)13-14-11(18-15-13)6-7-12(16)17-2;1-8-3-2-4-9(7-8)12-13-10(17-14-12)5-6-11(15)16/h3-5,8H,6-7H2,1-2H3;2-4,7H,5-6H2,1H3,(H,15,16). The van der Waals surface area contributed by atoms with Gasteiger partial charge in [-0.3, -0.25) is 9.59 Å². The Bertz CT molecular complexity index is 1280. The second-order valence-electron chi connectivity index (χ2n) is 7.73. The van der Waals surface area contributed by atoms with Gasteiger partial charge < -0.3 is 18.9 Å². The summed E-state index contributed by atoms with van der Waals surface area (Å²) in [7, 11) is 1.36. The molecule has 0 radical (unpaired) electrons. The van der Waals surface area contributed by atoms with Gasteiger partial charge in [-0.25, -0.2) is 0 Å². The highest BCUT2D eigenvalue weighted by Crippen LogP contribution is 2.18. The fraction of sp³-hybridized carbons (Fsp3) is 0.280. The van der Waals surface area contributed by atoms with Crippen LogP contribution in [0.3, 0.4) is 0 Å². The van der Waals surface area contributed by atoms with Gasteiger partial charge in [-0.1, -0.05) is 57.8 Å². The summed E-state index contributed by atoms with van der Waals surface area (Å²) in [6.07, 6.45) is 0.890. The van der Waals surface area contributed by atoms with E-state index in [9.17, 15) is 9.59 Å². The van der Waals surface area contributed by atoms with Gasteiger partial charge >= 0.3 is 11.9 Å². The molecule has 4 rings (SSSR count). The highest BCUT2D eigenvalue weighted by molar-refractivity contribution is 5.69. The fourth-order valence-electron chi connectivity index (χ4n) is 3.04. The van der Waals surface area contributed by atoms with Gasteiger partial charge in [0.25, 0.3) is 0 Å². The van der Waals surface area contributed by atoms with Crippen LogP contribution < -0.4 is 0 Å². The predicted octanol–water partition coefficient (Wildman–Crippen LogP) is 4.21. The van der Waals surface area contributed by atoms with Crippen molar-refractivity contribution in [2.24, 2.45) is 0 Å². The van der Waals surface area contributed by atoms with E-state index in [0.717, 1.165) is 22.3 Å². The normalized spacial score (nSPS) is 10.4. The summed E-state index contributed by atoms with van der Waals surface area (Å²) in [5, 5.41) is 16.3. The molecule has 0 spiro atoms. The number of aromatic nitrogens is 4. The highest BCUT2D eigenvalue weighted by Gasteiger charge is 2.11. The van der Waals surface area contributed by atoms with Gasteiger partial charge in [0.2, 0.25) is 23.4 Å². The molecule has 0 saturated heterocycles. The molecule has 2 aromatic carbocycles.